The van der Waals surface area contributed by atoms with Crippen LogP contribution < -0.4 is 15.4 Å². The molecule has 0 bridgehead atoms. The normalized spacial score (nSPS) is 17.7. The molecule has 1 unspecified atom stereocenters. The molecule has 7 heteroatoms. The Morgan fingerprint density at radius 3 is 2.66 bits per heavy atom. The maximum Gasteiger partial charge on any atom is 0.195 e. The van der Waals surface area contributed by atoms with Crippen molar-refractivity contribution in [2.24, 2.45) is 10.9 Å². The van der Waals surface area contributed by atoms with Crippen LogP contribution in [-0.2, 0) is 9.47 Å². The first-order chi connectivity index (χ1) is 14.1. The zero-order valence-corrected chi connectivity index (χ0v) is 18.4. The average molecular weight is 407 g/mol. The van der Waals surface area contributed by atoms with Crippen LogP contribution in [0.1, 0.15) is 26.7 Å². The maximum absolute atomic E-state index is 5.72. The molecule has 0 aromatic heterocycles. The Labute approximate surface area is 175 Å². The predicted octanol–water partition coefficient (Wildman–Crippen LogP) is 2.84. The monoisotopic (exact) mass is 406 g/mol. The molecular formula is C22H38N4O3. The fourth-order valence-corrected chi connectivity index (χ4v) is 3.19. The van der Waals surface area contributed by atoms with Gasteiger partial charge in [0.2, 0.25) is 0 Å². The number of hydrogen-bond donors (Lipinski definition) is 2. The van der Waals surface area contributed by atoms with Gasteiger partial charge in [-0.25, -0.2) is 0 Å². The second kappa shape index (κ2) is 13.4. The van der Waals surface area contributed by atoms with Crippen LogP contribution in [0.5, 0.6) is 5.75 Å². The van der Waals surface area contributed by atoms with Crippen molar-refractivity contribution >= 4 is 11.6 Å². The largest absolute Gasteiger partial charge is 0.491 e. The molecule has 0 spiro atoms. The Morgan fingerprint density at radius 1 is 1.21 bits per heavy atom. The van der Waals surface area contributed by atoms with Crippen molar-refractivity contribution in [2.45, 2.75) is 32.8 Å². The minimum atomic E-state index is 0.170. The van der Waals surface area contributed by atoms with Gasteiger partial charge < -0.3 is 29.7 Å². The lowest BCUT2D eigenvalue weighted by molar-refractivity contribution is 0.0699. The van der Waals surface area contributed by atoms with Crippen LogP contribution in [0.15, 0.2) is 29.3 Å². The quantitative estimate of drug-likeness (QED) is 0.316. The van der Waals surface area contributed by atoms with E-state index in [1.807, 2.05) is 38.1 Å². The van der Waals surface area contributed by atoms with E-state index in [9.17, 15) is 0 Å². The Morgan fingerprint density at radius 2 is 2.00 bits per heavy atom. The third kappa shape index (κ3) is 9.96. The predicted molar refractivity (Wildman–Crippen MR) is 119 cm³/mol. The first kappa shape index (κ1) is 23.4. The number of ether oxygens (including phenoxy) is 3. The Bertz CT molecular complexity index is 592. The van der Waals surface area contributed by atoms with Crippen molar-refractivity contribution in [3.05, 3.63) is 24.3 Å². The Balaban J connectivity index is 1.85. The molecule has 0 aliphatic carbocycles. The summed E-state index contributed by atoms with van der Waals surface area (Å²) in [6.45, 7) is 9.94. The second-order valence-electron chi connectivity index (χ2n) is 7.81. The topological polar surface area (TPSA) is 67.4 Å². The van der Waals surface area contributed by atoms with Crippen LogP contribution in [0.4, 0.5) is 5.69 Å². The first-order valence-electron chi connectivity index (χ1n) is 10.6. The lowest BCUT2D eigenvalue weighted by atomic mass is 10.1. The molecular weight excluding hydrogens is 368 g/mol. The highest BCUT2D eigenvalue weighted by atomic mass is 16.5. The fraction of sp³-hybridized carbons (Fsp3) is 0.682. The van der Waals surface area contributed by atoms with Gasteiger partial charge in [-0.1, -0.05) is 0 Å². The molecule has 1 fully saturated rings. The van der Waals surface area contributed by atoms with E-state index in [0.29, 0.717) is 25.7 Å². The molecule has 7 nitrogen and oxygen atoms in total. The third-order valence-corrected chi connectivity index (χ3v) is 4.68. The number of likely N-dealkylation sites (tertiary alicyclic amines) is 1. The highest BCUT2D eigenvalue weighted by Crippen LogP contribution is 2.17. The van der Waals surface area contributed by atoms with E-state index in [-0.39, 0.29) is 6.10 Å². The van der Waals surface area contributed by atoms with Gasteiger partial charge >= 0.3 is 0 Å². The summed E-state index contributed by atoms with van der Waals surface area (Å²) in [6, 6.07) is 8.00. The summed E-state index contributed by atoms with van der Waals surface area (Å²) < 4.78 is 16.2. The van der Waals surface area contributed by atoms with Gasteiger partial charge in [-0.05, 0) is 70.5 Å². The van der Waals surface area contributed by atoms with Crippen molar-refractivity contribution in [1.82, 2.24) is 10.2 Å². The summed E-state index contributed by atoms with van der Waals surface area (Å²) >= 11 is 0. The van der Waals surface area contributed by atoms with E-state index in [2.05, 4.69) is 22.6 Å². The van der Waals surface area contributed by atoms with Crippen LogP contribution in [0, 0.1) is 5.92 Å². The van der Waals surface area contributed by atoms with Crippen LogP contribution in [0.3, 0.4) is 0 Å². The number of nitrogens with zero attached hydrogens (tertiary/aromatic N) is 2. The van der Waals surface area contributed by atoms with Crippen LogP contribution in [-0.4, -0.2) is 77.1 Å². The van der Waals surface area contributed by atoms with Gasteiger partial charge in [0.1, 0.15) is 5.75 Å². The van der Waals surface area contributed by atoms with E-state index in [1.54, 1.807) is 7.11 Å². The molecule has 1 aromatic rings. The average Bonchev–Trinajstić information content (AvgIpc) is 3.11. The van der Waals surface area contributed by atoms with E-state index >= 15 is 0 Å². The zero-order chi connectivity index (χ0) is 20.9. The molecule has 2 N–H and O–H groups in total. The molecule has 0 amide bonds. The smallest absolute Gasteiger partial charge is 0.195 e. The molecule has 2 rings (SSSR count). The number of aliphatic imine (C=N–C) groups is 1. The molecule has 1 aliphatic rings. The maximum atomic E-state index is 5.72. The molecule has 1 aromatic carbocycles. The second-order valence-corrected chi connectivity index (χ2v) is 7.81. The molecule has 0 saturated carbocycles. The number of methoxy groups -OCH3 is 1. The van der Waals surface area contributed by atoms with Crippen molar-refractivity contribution in [3.63, 3.8) is 0 Å². The SMILES string of the molecule is COCCOCCCNC(=NCC1CCN(C)C1)Nc1ccc(OC(C)C)cc1. The minimum Gasteiger partial charge on any atom is -0.491 e. The standard InChI is InChI=1S/C22H38N4O3/c1-18(2)29-21-8-6-20(7-9-21)25-22(23-11-5-13-28-15-14-27-4)24-16-19-10-12-26(3)17-19/h6-9,18-19H,5,10-17H2,1-4H3,(H2,23,24,25). The van der Waals surface area contributed by atoms with E-state index < -0.39 is 0 Å². The minimum absolute atomic E-state index is 0.170. The highest BCUT2D eigenvalue weighted by molar-refractivity contribution is 5.93. The van der Waals surface area contributed by atoms with E-state index in [1.165, 1.54) is 6.42 Å². The van der Waals surface area contributed by atoms with Crippen molar-refractivity contribution in [2.75, 3.05) is 65.5 Å². The number of nitrogens with one attached hydrogen (secondary N) is 2. The van der Waals surface area contributed by atoms with Crippen molar-refractivity contribution in [1.29, 1.82) is 0 Å². The number of rotatable bonds is 12. The van der Waals surface area contributed by atoms with Crippen molar-refractivity contribution in [3.8, 4) is 5.75 Å². The zero-order valence-electron chi connectivity index (χ0n) is 18.4. The first-order valence-corrected chi connectivity index (χ1v) is 10.6. The van der Waals surface area contributed by atoms with Crippen LogP contribution in [0.2, 0.25) is 0 Å². The molecule has 29 heavy (non-hydrogen) atoms. The van der Waals surface area contributed by atoms with Gasteiger partial charge in [0, 0.05) is 39.0 Å². The fourth-order valence-electron chi connectivity index (χ4n) is 3.19. The van der Waals surface area contributed by atoms with Gasteiger partial charge in [-0.15, -0.1) is 0 Å². The summed E-state index contributed by atoms with van der Waals surface area (Å²) in [5.41, 5.74) is 0.993. The van der Waals surface area contributed by atoms with E-state index in [4.69, 9.17) is 19.2 Å². The van der Waals surface area contributed by atoms with Crippen LogP contribution in [0.25, 0.3) is 0 Å². The van der Waals surface area contributed by atoms with E-state index in [0.717, 1.165) is 50.0 Å². The summed E-state index contributed by atoms with van der Waals surface area (Å²) in [4.78, 5) is 7.20. The summed E-state index contributed by atoms with van der Waals surface area (Å²) in [5, 5.41) is 6.84. The molecule has 1 aliphatic heterocycles. The third-order valence-electron chi connectivity index (χ3n) is 4.68. The van der Waals surface area contributed by atoms with Crippen molar-refractivity contribution < 1.29 is 14.2 Å². The summed E-state index contributed by atoms with van der Waals surface area (Å²) in [5.74, 6) is 2.31. The number of hydrogen-bond acceptors (Lipinski definition) is 5. The molecule has 1 atom stereocenters. The molecule has 164 valence electrons. The molecule has 1 heterocycles. The molecule has 0 radical (unpaired) electrons. The summed E-state index contributed by atoms with van der Waals surface area (Å²) in [7, 11) is 3.86. The Kier molecular flexibility index (Phi) is 10.8. The Hall–Kier alpha value is -1.83. The lowest BCUT2D eigenvalue weighted by Gasteiger charge is -2.15. The highest BCUT2D eigenvalue weighted by Gasteiger charge is 2.19. The number of benzene rings is 1. The number of anilines is 1. The molecule has 1 saturated heterocycles. The number of guanidine groups is 1. The lowest BCUT2D eigenvalue weighted by Crippen LogP contribution is -2.33. The van der Waals surface area contributed by atoms with Gasteiger partial charge in [0.25, 0.3) is 0 Å². The van der Waals surface area contributed by atoms with Gasteiger partial charge in [-0.3, -0.25) is 4.99 Å². The van der Waals surface area contributed by atoms with Gasteiger partial charge in [0.05, 0.1) is 19.3 Å². The van der Waals surface area contributed by atoms with Crippen LogP contribution >= 0.6 is 0 Å². The van der Waals surface area contributed by atoms with Gasteiger partial charge in [0.15, 0.2) is 5.96 Å². The van der Waals surface area contributed by atoms with Gasteiger partial charge in [-0.2, -0.15) is 0 Å². The summed E-state index contributed by atoms with van der Waals surface area (Å²) in [6.07, 6.45) is 2.29.